The molecule has 1 fully saturated rings. The summed E-state index contributed by atoms with van der Waals surface area (Å²) in [6.45, 7) is 4.28. The van der Waals surface area contributed by atoms with Gasteiger partial charge in [0.25, 0.3) is 0 Å². The van der Waals surface area contributed by atoms with E-state index < -0.39 is 0 Å². The molecular formula is C19H25Cl2NO3. The fourth-order valence-corrected chi connectivity index (χ4v) is 2.89. The van der Waals surface area contributed by atoms with Crippen LogP contribution in [0.15, 0.2) is 48.5 Å². The lowest BCUT2D eigenvalue weighted by molar-refractivity contribution is 0.257. The van der Waals surface area contributed by atoms with Crippen LogP contribution < -0.4 is 9.47 Å². The van der Waals surface area contributed by atoms with E-state index in [4.69, 9.17) is 21.1 Å². The van der Waals surface area contributed by atoms with Gasteiger partial charge in [-0.25, -0.2) is 0 Å². The molecule has 1 saturated heterocycles. The van der Waals surface area contributed by atoms with Gasteiger partial charge in [-0.1, -0.05) is 23.7 Å². The second-order valence-corrected chi connectivity index (χ2v) is 6.19. The molecule has 0 aliphatic carbocycles. The third kappa shape index (κ3) is 6.75. The van der Waals surface area contributed by atoms with Crippen molar-refractivity contribution >= 4 is 24.0 Å². The molecule has 1 aliphatic heterocycles. The van der Waals surface area contributed by atoms with Crippen LogP contribution in [0.2, 0.25) is 5.02 Å². The van der Waals surface area contributed by atoms with Crippen LogP contribution in [0.3, 0.4) is 0 Å². The van der Waals surface area contributed by atoms with E-state index in [0.717, 1.165) is 30.2 Å². The lowest BCUT2D eigenvalue weighted by atomic mass is 10.3. The molecule has 138 valence electrons. The van der Waals surface area contributed by atoms with E-state index in [9.17, 15) is 0 Å². The summed E-state index contributed by atoms with van der Waals surface area (Å²) >= 11 is 5.90. The van der Waals surface area contributed by atoms with Gasteiger partial charge in [-0.05, 0) is 68.8 Å². The van der Waals surface area contributed by atoms with Crippen molar-refractivity contribution in [3.05, 3.63) is 53.6 Å². The highest BCUT2D eigenvalue weighted by atomic mass is 35.5. The first-order chi connectivity index (χ1) is 11.3. The van der Waals surface area contributed by atoms with Crippen LogP contribution in [0.4, 0.5) is 0 Å². The Morgan fingerprint density at radius 2 is 1.56 bits per heavy atom. The van der Waals surface area contributed by atoms with Crippen LogP contribution in [-0.2, 0) is 0 Å². The summed E-state index contributed by atoms with van der Waals surface area (Å²) in [5.41, 5.74) is 0. The zero-order valence-electron chi connectivity index (χ0n) is 14.1. The summed E-state index contributed by atoms with van der Waals surface area (Å²) in [5, 5.41) is 0.698. The van der Waals surface area contributed by atoms with Gasteiger partial charge >= 0.3 is 0 Å². The molecule has 1 aliphatic rings. The maximum absolute atomic E-state index is 5.92. The predicted molar refractivity (Wildman–Crippen MR) is 105 cm³/mol. The molecule has 0 amide bonds. The largest absolute Gasteiger partial charge is 0.490 e. The number of hydrogen-bond donors (Lipinski definition) is 0. The Balaban J connectivity index is 0.00000156. The van der Waals surface area contributed by atoms with E-state index >= 15 is 0 Å². The summed E-state index contributed by atoms with van der Waals surface area (Å²) in [5.74, 6) is 2.27. The molecule has 0 saturated carbocycles. The molecule has 0 bridgehead atoms. The molecule has 0 aromatic heterocycles. The summed E-state index contributed by atoms with van der Waals surface area (Å²) in [6, 6.07) is 15.1. The van der Waals surface area contributed by atoms with Crippen LogP contribution in [-0.4, -0.2) is 36.6 Å². The Morgan fingerprint density at radius 1 is 0.920 bits per heavy atom. The highest BCUT2D eigenvalue weighted by molar-refractivity contribution is 6.30. The number of halogens is 2. The molecule has 0 radical (unpaired) electrons. The Bertz CT molecular complexity index is 616. The standard InChI is InChI=1S/C19H22ClNO2.ClH.H2O/c20-16-8-10-17(11-9-16)23-19-7-2-1-6-18(19)22-15-5-14-21-12-3-4-13-21;;/h1-2,6-11H,3-5,12-15H2;1H;1H2. The Kier molecular flexibility index (Phi) is 9.68. The molecule has 3 rings (SSSR count). The first kappa shape index (κ1) is 21.6. The Hall–Kier alpha value is -1.46. The fourth-order valence-electron chi connectivity index (χ4n) is 2.76. The number of rotatable bonds is 7. The maximum atomic E-state index is 5.92. The summed E-state index contributed by atoms with van der Waals surface area (Å²) in [4.78, 5) is 2.50. The highest BCUT2D eigenvalue weighted by Crippen LogP contribution is 2.31. The minimum Gasteiger partial charge on any atom is -0.490 e. The van der Waals surface area contributed by atoms with Crippen molar-refractivity contribution in [2.75, 3.05) is 26.2 Å². The van der Waals surface area contributed by atoms with E-state index in [1.165, 1.54) is 25.9 Å². The van der Waals surface area contributed by atoms with Crippen LogP contribution in [0.1, 0.15) is 19.3 Å². The van der Waals surface area contributed by atoms with Crippen molar-refractivity contribution in [2.45, 2.75) is 19.3 Å². The third-order valence-corrected chi connectivity index (χ3v) is 4.22. The number of hydrogen-bond acceptors (Lipinski definition) is 3. The smallest absolute Gasteiger partial charge is 0.169 e. The first-order valence-electron chi connectivity index (χ1n) is 8.19. The van der Waals surface area contributed by atoms with Crippen LogP contribution in [0.25, 0.3) is 0 Å². The number of nitrogens with zero attached hydrogens (tertiary/aromatic N) is 1. The highest BCUT2D eigenvalue weighted by Gasteiger charge is 2.11. The molecule has 25 heavy (non-hydrogen) atoms. The van der Waals surface area contributed by atoms with Crippen LogP contribution in [0, 0.1) is 0 Å². The van der Waals surface area contributed by atoms with Crippen LogP contribution >= 0.6 is 24.0 Å². The number of benzene rings is 2. The van der Waals surface area contributed by atoms with Gasteiger partial charge in [-0.2, -0.15) is 0 Å². The topological polar surface area (TPSA) is 53.2 Å². The number of ether oxygens (including phenoxy) is 2. The molecule has 2 aromatic carbocycles. The molecule has 4 nitrogen and oxygen atoms in total. The molecule has 2 N–H and O–H groups in total. The van der Waals surface area contributed by atoms with Crippen molar-refractivity contribution in [2.24, 2.45) is 0 Å². The SMILES string of the molecule is Cl.Clc1ccc(Oc2ccccc2OCCCN2CCCC2)cc1.O. The average molecular weight is 386 g/mol. The lowest BCUT2D eigenvalue weighted by Gasteiger charge is -2.15. The van der Waals surface area contributed by atoms with E-state index in [-0.39, 0.29) is 17.9 Å². The fraction of sp³-hybridized carbons (Fsp3) is 0.368. The molecule has 0 unspecified atom stereocenters. The Morgan fingerprint density at radius 3 is 2.24 bits per heavy atom. The quantitative estimate of drug-likeness (QED) is 0.654. The minimum absolute atomic E-state index is 0. The zero-order chi connectivity index (χ0) is 15.9. The van der Waals surface area contributed by atoms with Gasteiger partial charge in [-0.3, -0.25) is 0 Å². The van der Waals surface area contributed by atoms with Gasteiger partial charge in [0.2, 0.25) is 0 Å². The van der Waals surface area contributed by atoms with Gasteiger partial charge in [0.1, 0.15) is 5.75 Å². The maximum Gasteiger partial charge on any atom is 0.169 e. The van der Waals surface area contributed by atoms with E-state index in [2.05, 4.69) is 4.90 Å². The van der Waals surface area contributed by atoms with Gasteiger partial charge in [0.15, 0.2) is 11.5 Å². The van der Waals surface area contributed by atoms with E-state index in [0.29, 0.717) is 11.6 Å². The van der Waals surface area contributed by atoms with Crippen molar-refractivity contribution in [1.29, 1.82) is 0 Å². The Labute approximate surface area is 160 Å². The lowest BCUT2D eigenvalue weighted by Crippen LogP contribution is -2.21. The van der Waals surface area contributed by atoms with Crippen molar-refractivity contribution in [1.82, 2.24) is 4.90 Å². The summed E-state index contributed by atoms with van der Waals surface area (Å²) in [6.07, 6.45) is 3.70. The van der Waals surface area contributed by atoms with Crippen molar-refractivity contribution < 1.29 is 14.9 Å². The zero-order valence-corrected chi connectivity index (χ0v) is 15.7. The first-order valence-corrected chi connectivity index (χ1v) is 8.57. The van der Waals surface area contributed by atoms with Gasteiger partial charge in [0, 0.05) is 11.6 Å². The molecular weight excluding hydrogens is 361 g/mol. The molecule has 1 heterocycles. The van der Waals surface area contributed by atoms with Gasteiger partial charge in [-0.15, -0.1) is 12.4 Å². The summed E-state index contributed by atoms with van der Waals surface area (Å²) in [7, 11) is 0. The van der Waals surface area contributed by atoms with Crippen molar-refractivity contribution in [3.8, 4) is 17.2 Å². The normalized spacial score (nSPS) is 13.6. The second-order valence-electron chi connectivity index (χ2n) is 5.75. The monoisotopic (exact) mass is 385 g/mol. The van der Waals surface area contributed by atoms with Crippen molar-refractivity contribution in [3.63, 3.8) is 0 Å². The number of para-hydroxylation sites is 2. The van der Waals surface area contributed by atoms with Gasteiger partial charge in [0.05, 0.1) is 6.61 Å². The summed E-state index contributed by atoms with van der Waals surface area (Å²) < 4.78 is 11.8. The molecule has 2 aromatic rings. The molecule has 0 atom stereocenters. The molecule has 6 heteroatoms. The third-order valence-electron chi connectivity index (χ3n) is 3.97. The van der Waals surface area contributed by atoms with E-state index in [1.54, 1.807) is 0 Å². The molecule has 0 spiro atoms. The minimum atomic E-state index is 0. The van der Waals surface area contributed by atoms with E-state index in [1.807, 2.05) is 48.5 Å². The number of likely N-dealkylation sites (tertiary alicyclic amines) is 1. The van der Waals surface area contributed by atoms with Crippen LogP contribution in [0.5, 0.6) is 17.2 Å². The van der Waals surface area contributed by atoms with Gasteiger partial charge < -0.3 is 19.8 Å². The second kappa shape index (κ2) is 11.2. The average Bonchev–Trinajstić information content (AvgIpc) is 3.08. The predicted octanol–water partition coefficient (Wildman–Crippen LogP) is 4.59.